The molecule has 0 unspecified atom stereocenters. The fourth-order valence-corrected chi connectivity index (χ4v) is 2.38. The molecule has 0 radical (unpaired) electrons. The fourth-order valence-electron chi connectivity index (χ4n) is 1.34. The predicted molar refractivity (Wildman–Crippen MR) is 67.0 cm³/mol. The fraction of sp³-hybridized carbons (Fsp3) is 0.273. The zero-order valence-corrected chi connectivity index (χ0v) is 11.9. The Morgan fingerprint density at radius 3 is 2.58 bits per heavy atom. The van der Waals surface area contributed by atoms with Gasteiger partial charge in [-0.1, -0.05) is 15.9 Å². The molecule has 0 fully saturated rings. The molecule has 0 amide bonds. The number of hydrogen-bond acceptors (Lipinski definition) is 4. The Morgan fingerprint density at radius 1 is 1.53 bits per heavy atom. The first-order chi connectivity index (χ1) is 8.82. The van der Waals surface area contributed by atoms with Gasteiger partial charge in [-0.05, 0) is 29.5 Å². The van der Waals surface area contributed by atoms with Crippen molar-refractivity contribution in [1.29, 1.82) is 5.26 Å². The molecule has 0 N–H and O–H groups in total. The van der Waals surface area contributed by atoms with Crippen molar-refractivity contribution in [3.8, 4) is 6.07 Å². The number of esters is 1. The van der Waals surface area contributed by atoms with Gasteiger partial charge in [-0.25, -0.2) is 4.79 Å². The molecule has 19 heavy (non-hydrogen) atoms. The molecular weight excluding hydrogens is 347 g/mol. The van der Waals surface area contributed by atoms with E-state index in [0.717, 1.165) is 7.11 Å². The number of carbonyl (C=O) groups is 1. The van der Waals surface area contributed by atoms with Crippen LogP contribution in [-0.4, -0.2) is 18.6 Å². The molecule has 0 aliphatic rings. The second-order valence-electron chi connectivity index (χ2n) is 3.30. The van der Waals surface area contributed by atoms with Crippen molar-refractivity contribution >= 4 is 33.7 Å². The SMILES string of the molecule is COC(=O)c1cc(CBr)cc(SC(F)(F)F)c1C#N. The minimum absolute atomic E-state index is 0.172. The van der Waals surface area contributed by atoms with Gasteiger partial charge in [-0.2, -0.15) is 18.4 Å². The molecule has 0 heterocycles. The number of benzene rings is 1. The first kappa shape index (κ1) is 15.9. The van der Waals surface area contributed by atoms with Gasteiger partial charge in [0.15, 0.2) is 0 Å². The number of thioether (sulfide) groups is 1. The summed E-state index contributed by atoms with van der Waals surface area (Å²) in [5.41, 5.74) is -4.59. The van der Waals surface area contributed by atoms with E-state index in [-0.39, 0.29) is 21.4 Å². The van der Waals surface area contributed by atoms with Gasteiger partial charge >= 0.3 is 11.5 Å². The summed E-state index contributed by atoms with van der Waals surface area (Å²) in [6.07, 6.45) is 0. The zero-order chi connectivity index (χ0) is 14.6. The summed E-state index contributed by atoms with van der Waals surface area (Å²) in [7, 11) is 1.10. The van der Waals surface area contributed by atoms with Crippen LogP contribution in [0, 0.1) is 11.3 Å². The minimum atomic E-state index is -4.54. The largest absolute Gasteiger partial charge is 0.465 e. The van der Waals surface area contributed by atoms with Gasteiger partial charge in [0, 0.05) is 10.2 Å². The van der Waals surface area contributed by atoms with E-state index >= 15 is 0 Å². The molecule has 1 aromatic carbocycles. The molecule has 1 rings (SSSR count). The summed E-state index contributed by atoms with van der Waals surface area (Å²) >= 11 is 2.67. The van der Waals surface area contributed by atoms with Crippen molar-refractivity contribution < 1.29 is 22.7 Å². The van der Waals surface area contributed by atoms with Crippen molar-refractivity contribution in [2.75, 3.05) is 7.11 Å². The summed E-state index contributed by atoms with van der Waals surface area (Å²) in [6, 6.07) is 4.17. The van der Waals surface area contributed by atoms with Gasteiger partial charge in [0.2, 0.25) is 0 Å². The summed E-state index contributed by atoms with van der Waals surface area (Å²) in [4.78, 5) is 11.2. The highest BCUT2D eigenvalue weighted by molar-refractivity contribution is 9.08. The van der Waals surface area contributed by atoms with Crippen LogP contribution in [0.2, 0.25) is 0 Å². The molecule has 0 aromatic heterocycles. The molecular formula is C11H7BrF3NO2S. The zero-order valence-electron chi connectivity index (χ0n) is 9.55. The van der Waals surface area contributed by atoms with Crippen LogP contribution in [0.25, 0.3) is 0 Å². The molecule has 0 spiro atoms. The topological polar surface area (TPSA) is 50.1 Å². The third kappa shape index (κ3) is 4.14. The van der Waals surface area contributed by atoms with E-state index in [0.29, 0.717) is 5.56 Å². The lowest BCUT2D eigenvalue weighted by atomic mass is 10.1. The highest BCUT2D eigenvalue weighted by Gasteiger charge is 2.32. The Hall–Kier alpha value is -1.20. The number of rotatable bonds is 3. The molecule has 102 valence electrons. The van der Waals surface area contributed by atoms with E-state index in [2.05, 4.69) is 20.7 Å². The predicted octanol–water partition coefficient (Wildman–Crippen LogP) is 3.85. The third-order valence-corrected chi connectivity index (χ3v) is 3.48. The first-order valence-corrected chi connectivity index (χ1v) is 6.73. The van der Waals surface area contributed by atoms with E-state index in [1.54, 1.807) is 6.07 Å². The van der Waals surface area contributed by atoms with E-state index in [1.807, 2.05) is 0 Å². The lowest BCUT2D eigenvalue weighted by Crippen LogP contribution is -2.08. The van der Waals surface area contributed by atoms with Crippen molar-refractivity contribution in [1.82, 2.24) is 0 Å². The summed E-state index contributed by atoms with van der Waals surface area (Å²) in [5, 5.41) is 9.21. The smallest absolute Gasteiger partial charge is 0.446 e. The van der Waals surface area contributed by atoms with Crippen LogP contribution in [0.4, 0.5) is 13.2 Å². The van der Waals surface area contributed by atoms with Crippen molar-refractivity contribution in [3.05, 3.63) is 28.8 Å². The Labute approximate surface area is 119 Å². The van der Waals surface area contributed by atoms with Gasteiger partial charge in [-0.3, -0.25) is 0 Å². The average Bonchev–Trinajstić information content (AvgIpc) is 2.34. The summed E-state index contributed by atoms with van der Waals surface area (Å²) in [5.74, 6) is -0.844. The van der Waals surface area contributed by atoms with Crippen molar-refractivity contribution in [2.24, 2.45) is 0 Å². The highest BCUT2D eigenvalue weighted by atomic mass is 79.9. The molecule has 0 saturated heterocycles. The molecule has 3 nitrogen and oxygen atoms in total. The lowest BCUT2D eigenvalue weighted by Gasteiger charge is -2.11. The maximum Gasteiger partial charge on any atom is 0.446 e. The number of ether oxygens (including phenoxy) is 1. The van der Waals surface area contributed by atoms with Crippen LogP contribution < -0.4 is 0 Å². The van der Waals surface area contributed by atoms with Crippen LogP contribution in [0.15, 0.2) is 17.0 Å². The Kier molecular flexibility index (Phi) is 5.26. The van der Waals surface area contributed by atoms with Crippen LogP contribution in [0.3, 0.4) is 0 Å². The van der Waals surface area contributed by atoms with Crippen LogP contribution >= 0.6 is 27.7 Å². The van der Waals surface area contributed by atoms with Crippen molar-refractivity contribution in [3.63, 3.8) is 0 Å². The van der Waals surface area contributed by atoms with E-state index in [1.165, 1.54) is 12.1 Å². The molecule has 8 heteroatoms. The van der Waals surface area contributed by atoms with Gasteiger partial charge < -0.3 is 4.74 Å². The Bertz CT molecular complexity index is 540. The number of methoxy groups -OCH3 is 1. The summed E-state index contributed by atoms with van der Waals surface area (Å²) < 4.78 is 41.8. The van der Waals surface area contributed by atoms with Crippen LogP contribution in [0.1, 0.15) is 21.5 Å². The number of hydrogen-bond donors (Lipinski definition) is 0. The molecule has 0 aliphatic carbocycles. The standard InChI is InChI=1S/C11H7BrF3NO2S/c1-18-10(17)7-2-6(4-12)3-9(8(7)5-16)19-11(13,14)15/h2-3H,4H2,1H3. The number of nitrogens with zero attached hydrogens (tertiary/aromatic N) is 1. The first-order valence-electron chi connectivity index (χ1n) is 4.79. The van der Waals surface area contributed by atoms with Crippen LogP contribution in [-0.2, 0) is 10.1 Å². The average molecular weight is 354 g/mol. The number of alkyl halides is 4. The van der Waals surface area contributed by atoms with E-state index in [9.17, 15) is 18.0 Å². The number of carbonyl (C=O) groups excluding carboxylic acids is 1. The quantitative estimate of drug-likeness (QED) is 0.470. The number of halogens is 4. The number of nitriles is 1. The van der Waals surface area contributed by atoms with Gasteiger partial charge in [0.25, 0.3) is 0 Å². The second-order valence-corrected chi connectivity index (χ2v) is 4.97. The molecule has 0 bridgehead atoms. The molecule has 0 saturated carbocycles. The molecule has 1 aromatic rings. The van der Waals surface area contributed by atoms with E-state index < -0.39 is 23.2 Å². The van der Waals surface area contributed by atoms with Crippen LogP contribution in [0.5, 0.6) is 0 Å². The Morgan fingerprint density at radius 2 is 2.16 bits per heavy atom. The van der Waals surface area contributed by atoms with Gasteiger partial charge in [0.05, 0.1) is 18.2 Å². The maximum absolute atomic E-state index is 12.4. The maximum atomic E-state index is 12.4. The Balaban J connectivity index is 3.44. The minimum Gasteiger partial charge on any atom is -0.465 e. The highest BCUT2D eigenvalue weighted by Crippen LogP contribution is 2.40. The third-order valence-electron chi connectivity index (χ3n) is 2.06. The van der Waals surface area contributed by atoms with E-state index in [4.69, 9.17) is 5.26 Å². The monoisotopic (exact) mass is 353 g/mol. The van der Waals surface area contributed by atoms with Crippen molar-refractivity contribution in [2.45, 2.75) is 15.7 Å². The second kappa shape index (κ2) is 6.30. The molecule has 0 atom stereocenters. The molecule has 0 aliphatic heterocycles. The summed E-state index contributed by atoms with van der Waals surface area (Å²) in [6.45, 7) is 0. The normalized spacial score (nSPS) is 10.9. The van der Waals surface area contributed by atoms with Gasteiger partial charge in [-0.15, -0.1) is 0 Å². The lowest BCUT2D eigenvalue weighted by molar-refractivity contribution is -0.0328. The van der Waals surface area contributed by atoms with Gasteiger partial charge in [0.1, 0.15) is 6.07 Å².